The molecule has 2 aliphatic heterocycles. The molecule has 0 aliphatic carbocycles. The fourth-order valence-corrected chi connectivity index (χ4v) is 5.29. The number of nitrogens with one attached hydrogen (secondary N) is 1. The Morgan fingerprint density at radius 2 is 2.09 bits per heavy atom. The number of hydrogen-bond acceptors (Lipinski definition) is 6. The predicted molar refractivity (Wildman–Crippen MR) is 127 cm³/mol. The van der Waals surface area contributed by atoms with Crippen molar-refractivity contribution in [2.75, 3.05) is 24.5 Å². The summed E-state index contributed by atoms with van der Waals surface area (Å²) in [6.45, 7) is 5.09. The molecule has 2 aromatic heterocycles. The Hall–Kier alpha value is -3.50. The minimum atomic E-state index is 0.207. The molecule has 1 amide bonds. The SMILES string of the molecule is C[C@H]1CC2CN(C(=O)CCNCc3cccc4ncccc34)CC1N2c1ccc(C#N)cn1. The third kappa shape index (κ3) is 4.27. The molecule has 0 radical (unpaired) electrons. The fraction of sp³-hybridized carbons (Fsp3) is 0.385. The maximum Gasteiger partial charge on any atom is 0.223 e. The van der Waals surface area contributed by atoms with Gasteiger partial charge in [0, 0.05) is 56.4 Å². The first-order valence-electron chi connectivity index (χ1n) is 11.6. The van der Waals surface area contributed by atoms with Gasteiger partial charge >= 0.3 is 0 Å². The Kier molecular flexibility index (Phi) is 5.93. The standard InChI is InChI=1S/C26H28N6O/c1-18-12-21-16-31(17-24(18)32(21)25-8-7-19(13-27)14-30-25)26(33)9-11-28-15-20-4-2-6-23-22(20)5-3-10-29-23/h2-8,10,14,18,21,24,28H,9,11-12,15-17H2,1H3/t18-,21?,24?/m0/s1. The van der Waals surface area contributed by atoms with Gasteiger partial charge in [-0.3, -0.25) is 9.78 Å². The fourth-order valence-electron chi connectivity index (χ4n) is 5.29. The molecule has 4 heterocycles. The maximum absolute atomic E-state index is 13.0. The predicted octanol–water partition coefficient (Wildman–Crippen LogP) is 3.11. The number of nitrogens with zero attached hydrogens (tertiary/aromatic N) is 5. The highest BCUT2D eigenvalue weighted by Gasteiger charge is 2.45. The second-order valence-corrected chi connectivity index (χ2v) is 9.07. The molecule has 168 valence electrons. The Balaban J connectivity index is 1.16. The summed E-state index contributed by atoms with van der Waals surface area (Å²) in [5.74, 6) is 1.62. The van der Waals surface area contributed by atoms with Gasteiger partial charge in [0.1, 0.15) is 11.9 Å². The number of rotatable bonds is 6. The highest BCUT2D eigenvalue weighted by molar-refractivity contribution is 5.82. The van der Waals surface area contributed by atoms with Gasteiger partial charge in [0.25, 0.3) is 0 Å². The van der Waals surface area contributed by atoms with E-state index in [1.165, 1.54) is 5.56 Å². The summed E-state index contributed by atoms with van der Waals surface area (Å²) < 4.78 is 0. The van der Waals surface area contributed by atoms with E-state index in [0.29, 0.717) is 24.4 Å². The van der Waals surface area contributed by atoms with Crippen LogP contribution in [-0.2, 0) is 11.3 Å². The van der Waals surface area contributed by atoms with Gasteiger partial charge in [-0.15, -0.1) is 0 Å². The smallest absolute Gasteiger partial charge is 0.223 e. The van der Waals surface area contributed by atoms with Crippen LogP contribution >= 0.6 is 0 Å². The van der Waals surface area contributed by atoms with E-state index in [0.717, 1.165) is 42.8 Å². The molecule has 2 saturated heterocycles. The van der Waals surface area contributed by atoms with E-state index < -0.39 is 0 Å². The number of aromatic nitrogens is 2. The average Bonchev–Trinajstić information content (AvgIpc) is 3.05. The van der Waals surface area contributed by atoms with Gasteiger partial charge in [-0.05, 0) is 42.2 Å². The topological polar surface area (TPSA) is 85.2 Å². The summed E-state index contributed by atoms with van der Waals surface area (Å²) in [6.07, 6.45) is 4.99. The molecule has 2 aliphatic rings. The Bertz CT molecular complexity index is 1180. The number of amides is 1. The largest absolute Gasteiger partial charge is 0.347 e. The van der Waals surface area contributed by atoms with Crippen LogP contribution in [0.25, 0.3) is 10.9 Å². The summed E-state index contributed by atoms with van der Waals surface area (Å²) in [7, 11) is 0. The molecule has 33 heavy (non-hydrogen) atoms. The number of nitriles is 1. The van der Waals surface area contributed by atoms with E-state index >= 15 is 0 Å². The molecule has 1 aromatic carbocycles. The number of likely N-dealkylation sites (tertiary alicyclic amines) is 1. The molecular weight excluding hydrogens is 412 g/mol. The minimum Gasteiger partial charge on any atom is -0.347 e. The zero-order chi connectivity index (χ0) is 22.8. The molecule has 0 saturated carbocycles. The molecule has 2 unspecified atom stereocenters. The van der Waals surface area contributed by atoms with E-state index in [-0.39, 0.29) is 18.0 Å². The van der Waals surface area contributed by atoms with Crippen molar-refractivity contribution in [1.29, 1.82) is 5.26 Å². The molecule has 5 rings (SSSR count). The monoisotopic (exact) mass is 440 g/mol. The van der Waals surface area contributed by atoms with E-state index in [1.54, 1.807) is 6.20 Å². The van der Waals surface area contributed by atoms with Crippen LogP contribution in [-0.4, -0.2) is 52.5 Å². The second-order valence-electron chi connectivity index (χ2n) is 9.07. The summed E-state index contributed by atoms with van der Waals surface area (Å²) in [6, 6.07) is 16.6. The van der Waals surface area contributed by atoms with Crippen LogP contribution < -0.4 is 10.2 Å². The van der Waals surface area contributed by atoms with Crippen LogP contribution in [0.1, 0.15) is 30.9 Å². The lowest BCUT2D eigenvalue weighted by Gasteiger charge is -2.42. The van der Waals surface area contributed by atoms with Gasteiger partial charge in [0.15, 0.2) is 0 Å². The Morgan fingerprint density at radius 3 is 2.88 bits per heavy atom. The van der Waals surface area contributed by atoms with E-state index in [9.17, 15) is 4.79 Å². The number of fused-ring (bicyclic) bond motifs is 3. The normalized spacial score (nSPS) is 21.9. The molecule has 0 spiro atoms. The van der Waals surface area contributed by atoms with Gasteiger partial charge in [-0.2, -0.15) is 5.26 Å². The molecule has 1 N–H and O–H groups in total. The van der Waals surface area contributed by atoms with Gasteiger partial charge in [-0.1, -0.05) is 25.1 Å². The number of piperazine rings is 1. The van der Waals surface area contributed by atoms with Crippen LogP contribution in [0, 0.1) is 17.2 Å². The highest BCUT2D eigenvalue weighted by atomic mass is 16.2. The molecule has 7 nitrogen and oxygen atoms in total. The zero-order valence-corrected chi connectivity index (χ0v) is 18.8. The Labute approximate surface area is 194 Å². The first-order chi connectivity index (χ1) is 16.1. The van der Waals surface area contributed by atoms with Crippen molar-refractivity contribution in [1.82, 2.24) is 20.2 Å². The number of hydrogen-bond donors (Lipinski definition) is 1. The lowest BCUT2D eigenvalue weighted by atomic mass is 10.0. The maximum atomic E-state index is 13.0. The number of anilines is 1. The van der Waals surface area contributed by atoms with Crippen molar-refractivity contribution in [2.24, 2.45) is 5.92 Å². The third-order valence-electron chi connectivity index (χ3n) is 6.95. The van der Waals surface area contributed by atoms with Crippen molar-refractivity contribution in [3.8, 4) is 6.07 Å². The summed E-state index contributed by atoms with van der Waals surface area (Å²) in [4.78, 5) is 26.3. The lowest BCUT2D eigenvalue weighted by molar-refractivity contribution is -0.132. The van der Waals surface area contributed by atoms with Crippen molar-refractivity contribution in [3.63, 3.8) is 0 Å². The first-order valence-corrected chi connectivity index (χ1v) is 11.6. The third-order valence-corrected chi connectivity index (χ3v) is 6.95. The van der Waals surface area contributed by atoms with E-state index in [1.807, 2.05) is 41.4 Å². The molecular formula is C26H28N6O. The second kappa shape index (κ2) is 9.16. The average molecular weight is 441 g/mol. The number of benzene rings is 1. The van der Waals surface area contributed by atoms with Crippen LogP contribution in [0.3, 0.4) is 0 Å². The zero-order valence-electron chi connectivity index (χ0n) is 18.8. The molecule has 3 aromatic rings. The lowest BCUT2D eigenvalue weighted by Crippen LogP contribution is -2.56. The minimum absolute atomic E-state index is 0.207. The Morgan fingerprint density at radius 1 is 1.18 bits per heavy atom. The van der Waals surface area contributed by atoms with Crippen LogP contribution in [0.15, 0.2) is 54.9 Å². The molecule has 2 bridgehead atoms. The van der Waals surface area contributed by atoms with Crippen molar-refractivity contribution in [2.45, 2.75) is 38.4 Å². The van der Waals surface area contributed by atoms with Gasteiger partial charge in [0.2, 0.25) is 5.91 Å². The summed E-state index contributed by atoms with van der Waals surface area (Å²) in [5.41, 5.74) is 2.76. The van der Waals surface area contributed by atoms with Crippen LogP contribution in [0.5, 0.6) is 0 Å². The quantitative estimate of drug-likeness (QED) is 0.593. The van der Waals surface area contributed by atoms with Gasteiger partial charge in [-0.25, -0.2) is 4.98 Å². The molecule has 7 heteroatoms. The number of carbonyl (C=O) groups is 1. The summed E-state index contributed by atoms with van der Waals surface area (Å²) >= 11 is 0. The first kappa shape index (κ1) is 21.4. The summed E-state index contributed by atoms with van der Waals surface area (Å²) in [5, 5.41) is 13.6. The van der Waals surface area contributed by atoms with Crippen LogP contribution in [0.2, 0.25) is 0 Å². The van der Waals surface area contributed by atoms with Gasteiger partial charge < -0.3 is 15.1 Å². The number of carbonyl (C=O) groups excluding carboxylic acids is 1. The van der Waals surface area contributed by atoms with E-state index in [2.05, 4.69) is 45.3 Å². The highest BCUT2D eigenvalue weighted by Crippen LogP contribution is 2.37. The van der Waals surface area contributed by atoms with Crippen molar-refractivity contribution in [3.05, 3.63) is 66.0 Å². The van der Waals surface area contributed by atoms with E-state index in [4.69, 9.17) is 5.26 Å². The van der Waals surface area contributed by atoms with Gasteiger partial charge in [0.05, 0.1) is 17.1 Å². The molecule has 3 atom stereocenters. The van der Waals surface area contributed by atoms with Crippen LogP contribution in [0.4, 0.5) is 5.82 Å². The van der Waals surface area contributed by atoms with Crippen molar-refractivity contribution >= 4 is 22.6 Å². The molecule has 2 fully saturated rings. The van der Waals surface area contributed by atoms with Crippen molar-refractivity contribution < 1.29 is 4.79 Å². The number of pyridine rings is 2.